The van der Waals surface area contributed by atoms with E-state index in [4.69, 9.17) is 24.4 Å². The number of fused-ring (bicyclic) bond motifs is 1. The van der Waals surface area contributed by atoms with Gasteiger partial charge in [-0.2, -0.15) is 5.26 Å². The normalized spacial score (nSPS) is 16.7. The first-order valence-electron chi connectivity index (χ1n) is 20.1. The molecule has 0 saturated carbocycles. The van der Waals surface area contributed by atoms with Crippen LogP contribution < -0.4 is 41.3 Å². The molecule has 0 unspecified atom stereocenters. The van der Waals surface area contributed by atoms with E-state index in [1.54, 1.807) is 36.8 Å². The molecule has 2 atom stereocenters. The molecule has 5 aromatic rings. The standard InChI is InChI=1S/C45H48IN10O6/c1-28-25-54(43-50-23-32(24-51-43)35-14-13-34-39(57)45(5,6)55(40(34)52-35)26-31-10-8-16-48-36(31)21-47)17-18-56(28)46-20-29-9-7-11-33(19-29)62-38-15-12-30(22-49-38)41(58)53-37(42(59)60)27-61-44(2,3)4/h7-16,19,22-24,28,37H,17-18,20,25-27H2,1-6H3,(H,53,58)(H,59,60)/q-1/t28-,37+/m1/s1. The minimum atomic E-state index is -1.20. The molecule has 322 valence electrons. The van der Waals surface area contributed by atoms with Crippen LogP contribution in [0.5, 0.6) is 11.6 Å². The summed E-state index contributed by atoms with van der Waals surface area (Å²) in [5, 5.41) is 21.6. The molecule has 2 aliphatic heterocycles. The Hall–Kier alpha value is -6.10. The van der Waals surface area contributed by atoms with E-state index < -0.39 is 29.1 Å². The monoisotopic (exact) mass is 951 g/mol. The second-order valence-corrected chi connectivity index (χ2v) is 19.2. The molecule has 1 amide bonds. The SMILES string of the molecule is C[C@@H]1CN(c2ncc(-c3ccc4c(n3)N(Cc3cccnc3C#N)C(C)(C)C4=O)cn2)CCN1[I-]Cc1cccc(Oc2ccc(C(=O)N[C@@H](COC(C)(C)C)C(=O)O)cn2)c1. The van der Waals surface area contributed by atoms with E-state index >= 15 is 0 Å². The minimum absolute atomic E-state index is 0.0290. The van der Waals surface area contributed by atoms with Crippen LogP contribution >= 0.6 is 0 Å². The van der Waals surface area contributed by atoms with Gasteiger partial charge in [0.25, 0.3) is 0 Å². The number of ether oxygens (including phenoxy) is 2. The number of pyridine rings is 3. The van der Waals surface area contributed by atoms with Gasteiger partial charge >= 0.3 is 243 Å². The molecule has 0 spiro atoms. The maximum absolute atomic E-state index is 13.4. The van der Waals surface area contributed by atoms with Crippen LogP contribution in [0.1, 0.15) is 79.1 Å². The Balaban J connectivity index is 0.918. The number of ketones is 1. The number of halogens is 1. The van der Waals surface area contributed by atoms with Gasteiger partial charge in [-0.05, 0) is 40.7 Å². The Morgan fingerprint density at radius 1 is 1.03 bits per heavy atom. The molecule has 0 radical (unpaired) electrons. The number of carbonyl (C=O) groups is 3. The first kappa shape index (κ1) is 44.0. The molecule has 16 nitrogen and oxygen atoms in total. The summed E-state index contributed by atoms with van der Waals surface area (Å²) in [5.41, 5.74) is 2.92. The van der Waals surface area contributed by atoms with Crippen LogP contribution in [0.25, 0.3) is 11.3 Å². The van der Waals surface area contributed by atoms with Crippen molar-refractivity contribution < 1.29 is 50.4 Å². The molecule has 1 saturated heterocycles. The Kier molecular flexibility index (Phi) is 13.1. The molecule has 62 heavy (non-hydrogen) atoms. The summed E-state index contributed by atoms with van der Waals surface area (Å²) in [7, 11) is 0. The van der Waals surface area contributed by atoms with Crippen molar-refractivity contribution in [3.05, 3.63) is 113 Å². The number of carboxylic acids is 1. The van der Waals surface area contributed by atoms with E-state index in [2.05, 4.69) is 42.4 Å². The van der Waals surface area contributed by atoms with Crippen molar-refractivity contribution in [2.75, 3.05) is 36.0 Å². The molecule has 1 aromatic carbocycles. The van der Waals surface area contributed by atoms with E-state index in [0.29, 0.717) is 52.9 Å². The fourth-order valence-corrected chi connectivity index (χ4v) is 9.73. The first-order valence-corrected chi connectivity index (χ1v) is 22.6. The van der Waals surface area contributed by atoms with Gasteiger partial charge in [-0.3, -0.25) is 4.79 Å². The van der Waals surface area contributed by atoms with E-state index in [9.17, 15) is 24.8 Å². The zero-order valence-electron chi connectivity index (χ0n) is 35.4. The van der Waals surface area contributed by atoms with Crippen LogP contribution in [0, 0.1) is 11.3 Å². The van der Waals surface area contributed by atoms with Crippen LogP contribution in [0.15, 0.2) is 85.5 Å². The van der Waals surface area contributed by atoms with Crippen molar-refractivity contribution in [3.63, 3.8) is 0 Å². The summed E-state index contributed by atoms with van der Waals surface area (Å²) >= 11 is -0.341. The summed E-state index contributed by atoms with van der Waals surface area (Å²) in [6, 6.07) is 19.5. The maximum atomic E-state index is 13.4. The van der Waals surface area contributed by atoms with Gasteiger partial charge in [0.2, 0.25) is 0 Å². The number of nitrogens with one attached hydrogen (secondary N) is 1. The fraction of sp³-hybridized carbons (Fsp3) is 0.356. The number of carbonyl (C=O) groups excluding carboxylic acids is 2. The van der Waals surface area contributed by atoms with Gasteiger partial charge in [-0.25, -0.2) is 9.78 Å². The van der Waals surface area contributed by atoms with Gasteiger partial charge in [0, 0.05) is 18.3 Å². The summed E-state index contributed by atoms with van der Waals surface area (Å²) in [6.45, 7) is 14.0. The van der Waals surface area contributed by atoms with E-state index in [1.807, 2.05) is 75.9 Å². The summed E-state index contributed by atoms with van der Waals surface area (Å²) in [5.74, 6) is 0.360. The van der Waals surface area contributed by atoms with Crippen molar-refractivity contribution in [1.82, 2.24) is 33.3 Å². The van der Waals surface area contributed by atoms with Crippen LogP contribution in [0.3, 0.4) is 0 Å². The van der Waals surface area contributed by atoms with Gasteiger partial charge in [0.1, 0.15) is 11.8 Å². The molecule has 6 heterocycles. The Bertz CT molecular complexity index is 2490. The van der Waals surface area contributed by atoms with Gasteiger partial charge in [-0.15, -0.1) is 0 Å². The molecule has 0 bridgehead atoms. The number of benzene rings is 1. The van der Waals surface area contributed by atoms with Crippen molar-refractivity contribution in [1.29, 1.82) is 5.26 Å². The van der Waals surface area contributed by atoms with Gasteiger partial charge in [-0.1, -0.05) is 6.07 Å². The van der Waals surface area contributed by atoms with Crippen molar-refractivity contribution in [2.45, 2.75) is 75.7 Å². The molecule has 1 fully saturated rings. The number of nitrogens with zero attached hydrogens (tertiary/aromatic N) is 9. The molecule has 2 aliphatic rings. The van der Waals surface area contributed by atoms with Crippen molar-refractivity contribution in [3.8, 4) is 29.0 Å². The topological polar surface area (TPSA) is 200 Å². The third-order valence-electron chi connectivity index (χ3n) is 10.5. The summed E-state index contributed by atoms with van der Waals surface area (Å²) < 4.78 is 15.0. The van der Waals surface area contributed by atoms with E-state index in [1.165, 1.54) is 6.20 Å². The number of aliphatic carboxylic acids is 1. The number of carboxylic acid groups (broad SMARTS) is 1. The van der Waals surface area contributed by atoms with Crippen molar-refractivity contribution >= 4 is 29.4 Å². The number of hydrogen-bond donors (Lipinski definition) is 2. The fourth-order valence-electron chi connectivity index (χ4n) is 7.01. The quantitative estimate of drug-likeness (QED) is 0.0935. The second kappa shape index (κ2) is 18.5. The zero-order valence-corrected chi connectivity index (χ0v) is 37.5. The third-order valence-corrected chi connectivity index (χ3v) is 14.0. The average Bonchev–Trinajstić information content (AvgIpc) is 3.44. The number of amides is 1. The van der Waals surface area contributed by atoms with Crippen molar-refractivity contribution in [2.24, 2.45) is 0 Å². The molecule has 17 heteroatoms. The zero-order chi connectivity index (χ0) is 44.2. The Morgan fingerprint density at radius 3 is 2.52 bits per heavy atom. The average molecular weight is 952 g/mol. The number of rotatable bonds is 14. The molecular formula is C45H48IN10O6-. The van der Waals surface area contributed by atoms with E-state index in [0.717, 1.165) is 40.8 Å². The van der Waals surface area contributed by atoms with E-state index in [-0.39, 0.29) is 39.4 Å². The number of alkyl halides is 1. The predicted octanol–water partition coefficient (Wildman–Crippen LogP) is 2.69. The number of Topliss-reactive ketones (excluding diaryl/α,β-unsaturated/α-hetero) is 1. The number of anilines is 2. The number of aromatic nitrogens is 5. The molecule has 4 aromatic heterocycles. The predicted molar refractivity (Wildman–Crippen MR) is 226 cm³/mol. The summed E-state index contributed by atoms with van der Waals surface area (Å²) in [6.07, 6.45) is 6.49. The van der Waals surface area contributed by atoms with Crippen LogP contribution in [-0.2, 0) is 20.5 Å². The molecule has 0 aliphatic carbocycles. The number of nitriles is 1. The van der Waals surface area contributed by atoms with Crippen LogP contribution in [0.2, 0.25) is 0 Å². The van der Waals surface area contributed by atoms with Gasteiger partial charge in [0.15, 0.2) is 5.78 Å². The third kappa shape index (κ3) is 10.2. The summed E-state index contributed by atoms with van der Waals surface area (Å²) in [4.78, 5) is 64.9. The molecular weight excluding hydrogens is 903 g/mol. The van der Waals surface area contributed by atoms with Gasteiger partial charge < -0.3 is 9.84 Å². The second-order valence-electron chi connectivity index (χ2n) is 16.5. The number of hydrogen-bond acceptors (Lipinski definition) is 14. The molecule has 7 rings (SSSR count). The first-order chi connectivity index (χ1) is 29.6. The van der Waals surface area contributed by atoms with Crippen LogP contribution in [-0.4, -0.2) is 100 Å². The molecule has 2 N–H and O–H groups in total. The Morgan fingerprint density at radius 2 is 1.82 bits per heavy atom. The van der Waals surface area contributed by atoms with Gasteiger partial charge in [0.05, 0.1) is 17.7 Å². The number of piperazine rings is 1. The Labute approximate surface area is 371 Å². The van der Waals surface area contributed by atoms with Crippen LogP contribution in [0.4, 0.5) is 11.8 Å².